The summed E-state index contributed by atoms with van der Waals surface area (Å²) < 4.78 is 1.54. The van der Waals surface area contributed by atoms with Gasteiger partial charge in [-0.3, -0.25) is 4.79 Å². The zero-order valence-corrected chi connectivity index (χ0v) is 8.76. The van der Waals surface area contributed by atoms with E-state index in [2.05, 4.69) is 15.4 Å². The van der Waals surface area contributed by atoms with Gasteiger partial charge < -0.3 is 10.2 Å². The van der Waals surface area contributed by atoms with Gasteiger partial charge in [0.15, 0.2) is 0 Å². The van der Waals surface area contributed by atoms with Crippen LogP contribution < -0.4 is 5.32 Å². The third kappa shape index (κ3) is 2.33. The number of carbonyl (C=O) groups excluding carboxylic acids is 1. The van der Waals surface area contributed by atoms with E-state index >= 15 is 0 Å². The van der Waals surface area contributed by atoms with Crippen molar-refractivity contribution in [1.82, 2.24) is 25.0 Å². The van der Waals surface area contributed by atoms with E-state index in [4.69, 9.17) is 0 Å². The van der Waals surface area contributed by atoms with Gasteiger partial charge in [-0.05, 0) is 13.0 Å². The molecule has 1 atom stereocenters. The summed E-state index contributed by atoms with van der Waals surface area (Å²) >= 11 is 0. The average Bonchev–Trinajstić information content (AvgIpc) is 2.88. The van der Waals surface area contributed by atoms with Crippen molar-refractivity contribution in [2.24, 2.45) is 0 Å². The number of rotatable bonds is 3. The molecule has 1 fully saturated rings. The maximum atomic E-state index is 11.8. The molecule has 0 spiro atoms. The first-order valence-corrected chi connectivity index (χ1v) is 5.06. The van der Waals surface area contributed by atoms with Crippen LogP contribution in [0.2, 0.25) is 0 Å². The molecule has 0 aromatic carbocycles. The third-order valence-electron chi connectivity index (χ3n) is 2.74. The van der Waals surface area contributed by atoms with Crippen LogP contribution in [-0.2, 0) is 11.3 Å². The lowest BCUT2D eigenvalue weighted by Gasteiger charge is -2.23. The lowest BCUT2D eigenvalue weighted by atomic mass is 10.2. The largest absolute Gasteiger partial charge is 0.340 e. The summed E-state index contributed by atoms with van der Waals surface area (Å²) in [5, 5.41) is 7.15. The second-order valence-electron chi connectivity index (χ2n) is 3.74. The molecule has 0 bridgehead atoms. The molecule has 1 unspecified atom stereocenters. The molecule has 6 heteroatoms. The van der Waals surface area contributed by atoms with Crippen molar-refractivity contribution in [2.45, 2.75) is 19.0 Å². The molecule has 0 aliphatic carbocycles. The van der Waals surface area contributed by atoms with Crippen LogP contribution in [0.5, 0.6) is 0 Å². The normalized spacial score (nSPS) is 20.5. The Bertz CT molecular complexity index is 317. The second-order valence-corrected chi connectivity index (χ2v) is 3.74. The van der Waals surface area contributed by atoms with Crippen molar-refractivity contribution in [3.8, 4) is 0 Å². The third-order valence-corrected chi connectivity index (χ3v) is 2.74. The summed E-state index contributed by atoms with van der Waals surface area (Å²) in [7, 11) is 1.84. The topological polar surface area (TPSA) is 63.1 Å². The fraction of sp³-hybridized carbons (Fsp3) is 0.667. The van der Waals surface area contributed by atoms with E-state index in [1.807, 2.05) is 7.05 Å². The van der Waals surface area contributed by atoms with Crippen molar-refractivity contribution < 1.29 is 4.79 Å². The maximum Gasteiger partial charge on any atom is 0.244 e. The van der Waals surface area contributed by atoms with Crippen molar-refractivity contribution in [3.63, 3.8) is 0 Å². The van der Waals surface area contributed by atoms with Crippen molar-refractivity contribution in [3.05, 3.63) is 12.7 Å². The van der Waals surface area contributed by atoms with E-state index in [-0.39, 0.29) is 12.5 Å². The molecule has 2 heterocycles. The van der Waals surface area contributed by atoms with Gasteiger partial charge in [0, 0.05) is 19.6 Å². The summed E-state index contributed by atoms with van der Waals surface area (Å²) in [6.07, 6.45) is 4.02. The minimum atomic E-state index is 0.0780. The average molecular weight is 209 g/mol. The molecule has 1 amide bonds. The molecule has 1 aromatic heterocycles. The van der Waals surface area contributed by atoms with Crippen LogP contribution in [0.4, 0.5) is 0 Å². The number of hydrogen-bond acceptors (Lipinski definition) is 4. The Hall–Kier alpha value is -1.43. The van der Waals surface area contributed by atoms with Crippen molar-refractivity contribution in [1.29, 1.82) is 0 Å². The van der Waals surface area contributed by atoms with Gasteiger partial charge in [-0.1, -0.05) is 0 Å². The highest BCUT2D eigenvalue weighted by molar-refractivity contribution is 5.76. The number of carbonyl (C=O) groups is 1. The van der Waals surface area contributed by atoms with Gasteiger partial charge in [0.25, 0.3) is 0 Å². The zero-order valence-electron chi connectivity index (χ0n) is 8.76. The Morgan fingerprint density at radius 1 is 1.73 bits per heavy atom. The smallest absolute Gasteiger partial charge is 0.244 e. The number of hydrogen-bond donors (Lipinski definition) is 1. The summed E-state index contributed by atoms with van der Waals surface area (Å²) in [5.41, 5.74) is 0. The van der Waals surface area contributed by atoms with Gasteiger partial charge >= 0.3 is 0 Å². The lowest BCUT2D eigenvalue weighted by molar-refractivity contribution is -0.132. The summed E-state index contributed by atoms with van der Waals surface area (Å²) in [6, 6.07) is 0.320. The first-order valence-electron chi connectivity index (χ1n) is 5.06. The van der Waals surface area contributed by atoms with Gasteiger partial charge in [0.2, 0.25) is 5.91 Å². The van der Waals surface area contributed by atoms with Crippen LogP contribution >= 0.6 is 0 Å². The molecule has 82 valence electrons. The zero-order chi connectivity index (χ0) is 10.7. The number of amides is 1. The highest BCUT2D eigenvalue weighted by Gasteiger charge is 2.23. The molecule has 1 N–H and O–H groups in total. The number of nitrogens with one attached hydrogen (secondary N) is 1. The monoisotopic (exact) mass is 209 g/mol. The fourth-order valence-electron chi connectivity index (χ4n) is 1.74. The van der Waals surface area contributed by atoms with Crippen LogP contribution in [0.3, 0.4) is 0 Å². The van der Waals surface area contributed by atoms with E-state index in [0.717, 1.165) is 19.5 Å². The second kappa shape index (κ2) is 4.39. The Morgan fingerprint density at radius 3 is 3.20 bits per heavy atom. The molecule has 1 aromatic rings. The van der Waals surface area contributed by atoms with E-state index in [0.29, 0.717) is 6.04 Å². The molecule has 1 aliphatic rings. The van der Waals surface area contributed by atoms with E-state index in [9.17, 15) is 4.79 Å². The highest BCUT2D eigenvalue weighted by Crippen LogP contribution is 2.06. The predicted molar refractivity (Wildman–Crippen MR) is 54.1 cm³/mol. The summed E-state index contributed by atoms with van der Waals surface area (Å²) in [4.78, 5) is 17.4. The van der Waals surface area contributed by atoms with Crippen LogP contribution in [0.1, 0.15) is 6.42 Å². The van der Waals surface area contributed by atoms with E-state index < -0.39 is 0 Å². The first kappa shape index (κ1) is 10.1. The standard InChI is InChI=1S/C9H15N5O/c1-13(8-2-3-10-4-8)9(15)5-14-7-11-6-12-14/h6-8,10H,2-5H2,1H3. The minimum absolute atomic E-state index is 0.0780. The van der Waals surface area contributed by atoms with Gasteiger partial charge in [0.05, 0.1) is 0 Å². The van der Waals surface area contributed by atoms with Crippen molar-refractivity contribution >= 4 is 5.91 Å². The lowest BCUT2D eigenvalue weighted by Crippen LogP contribution is -2.40. The van der Waals surface area contributed by atoms with Gasteiger partial charge in [-0.15, -0.1) is 0 Å². The molecule has 0 saturated carbocycles. The predicted octanol–water partition coefficient (Wildman–Crippen LogP) is -0.902. The van der Waals surface area contributed by atoms with Gasteiger partial charge in [-0.2, -0.15) is 5.10 Å². The van der Waals surface area contributed by atoms with Crippen molar-refractivity contribution in [2.75, 3.05) is 20.1 Å². The molecule has 0 radical (unpaired) electrons. The van der Waals surface area contributed by atoms with E-state index in [1.54, 1.807) is 15.9 Å². The Kier molecular flexibility index (Phi) is 2.96. The minimum Gasteiger partial charge on any atom is -0.340 e. The molecule has 6 nitrogen and oxygen atoms in total. The van der Waals surface area contributed by atoms with Crippen LogP contribution in [0, 0.1) is 0 Å². The Balaban J connectivity index is 1.89. The number of nitrogens with zero attached hydrogens (tertiary/aromatic N) is 4. The number of aromatic nitrogens is 3. The van der Waals surface area contributed by atoms with Crippen LogP contribution in [-0.4, -0.2) is 51.8 Å². The molecule has 15 heavy (non-hydrogen) atoms. The molecular weight excluding hydrogens is 194 g/mol. The maximum absolute atomic E-state index is 11.8. The SMILES string of the molecule is CN(C(=O)Cn1cncn1)C1CCNC1. The Morgan fingerprint density at radius 2 is 2.60 bits per heavy atom. The van der Waals surface area contributed by atoms with E-state index in [1.165, 1.54) is 6.33 Å². The van der Waals surface area contributed by atoms with Gasteiger partial charge in [0.1, 0.15) is 19.2 Å². The highest BCUT2D eigenvalue weighted by atomic mass is 16.2. The van der Waals surface area contributed by atoms with Crippen LogP contribution in [0.25, 0.3) is 0 Å². The molecule has 1 aliphatic heterocycles. The Labute approximate surface area is 88.3 Å². The van der Waals surface area contributed by atoms with Gasteiger partial charge in [-0.25, -0.2) is 9.67 Å². The molecule has 2 rings (SSSR count). The first-order chi connectivity index (χ1) is 7.27. The van der Waals surface area contributed by atoms with Crippen LogP contribution in [0.15, 0.2) is 12.7 Å². The number of likely N-dealkylation sites (N-methyl/N-ethyl adjacent to an activating group) is 1. The summed E-state index contributed by atoms with van der Waals surface area (Å²) in [5.74, 6) is 0.0780. The molecule has 1 saturated heterocycles. The summed E-state index contributed by atoms with van der Waals surface area (Å²) in [6.45, 7) is 2.15. The quantitative estimate of drug-likeness (QED) is 0.700. The fourth-order valence-corrected chi connectivity index (χ4v) is 1.74. The molecular formula is C9H15N5O.